The first-order chi connectivity index (χ1) is 36.0. The SMILES string of the molecule is CCCCCCCCCCCCCCCCCCCCCC/C=C/C(O)C(CO)NC(=O)CCCCCCCCC/C=C\CCCCCCCCCCOC(=O)CCCCCCCCCCCCCCCCC. The van der Waals surface area contributed by atoms with Crippen LogP contribution in [0.3, 0.4) is 0 Å². The molecule has 0 saturated heterocycles. The van der Waals surface area contributed by atoms with Crippen LogP contribution in [0, 0.1) is 0 Å². The Kier molecular flexibility index (Phi) is 61.4. The molecule has 0 aromatic carbocycles. The van der Waals surface area contributed by atoms with Gasteiger partial charge in [0.15, 0.2) is 0 Å². The second kappa shape index (κ2) is 62.9. The highest BCUT2D eigenvalue weighted by Gasteiger charge is 2.18. The molecular formula is C67H129NO5. The van der Waals surface area contributed by atoms with E-state index in [2.05, 4.69) is 31.3 Å². The van der Waals surface area contributed by atoms with Gasteiger partial charge in [0, 0.05) is 12.8 Å². The Labute approximate surface area is 456 Å². The number of hydrogen-bond acceptors (Lipinski definition) is 5. The van der Waals surface area contributed by atoms with E-state index in [1.807, 2.05) is 6.08 Å². The summed E-state index contributed by atoms with van der Waals surface area (Å²) < 4.78 is 5.49. The molecule has 3 N–H and O–H groups in total. The van der Waals surface area contributed by atoms with Gasteiger partial charge < -0.3 is 20.3 Å². The van der Waals surface area contributed by atoms with Crippen LogP contribution in [0.4, 0.5) is 0 Å². The summed E-state index contributed by atoms with van der Waals surface area (Å²) in [6.07, 6.45) is 78.0. The fourth-order valence-corrected chi connectivity index (χ4v) is 10.4. The molecule has 0 bridgehead atoms. The van der Waals surface area contributed by atoms with Gasteiger partial charge in [-0.05, 0) is 57.8 Å². The van der Waals surface area contributed by atoms with Crippen LogP contribution in [0.25, 0.3) is 0 Å². The van der Waals surface area contributed by atoms with Gasteiger partial charge in [0.25, 0.3) is 0 Å². The number of ether oxygens (including phenoxy) is 1. The van der Waals surface area contributed by atoms with Crippen molar-refractivity contribution in [2.24, 2.45) is 0 Å². The Morgan fingerprint density at radius 2 is 0.644 bits per heavy atom. The number of aliphatic hydroxyl groups excluding tert-OH is 2. The zero-order valence-electron chi connectivity index (χ0n) is 49.4. The van der Waals surface area contributed by atoms with Gasteiger partial charge in [-0.3, -0.25) is 9.59 Å². The normalized spacial score (nSPS) is 12.7. The lowest BCUT2D eigenvalue weighted by atomic mass is 10.0. The second-order valence-electron chi connectivity index (χ2n) is 22.8. The number of rotatable bonds is 62. The molecule has 0 aliphatic heterocycles. The zero-order valence-corrected chi connectivity index (χ0v) is 49.4. The summed E-state index contributed by atoms with van der Waals surface area (Å²) in [6, 6.07) is -0.636. The van der Waals surface area contributed by atoms with Crippen molar-refractivity contribution in [2.45, 2.75) is 379 Å². The minimum Gasteiger partial charge on any atom is -0.466 e. The molecule has 6 heteroatoms. The molecule has 6 nitrogen and oxygen atoms in total. The number of allylic oxidation sites excluding steroid dienone is 3. The fraction of sp³-hybridized carbons (Fsp3) is 0.910. The van der Waals surface area contributed by atoms with E-state index in [0.717, 1.165) is 51.4 Å². The third-order valence-electron chi connectivity index (χ3n) is 15.5. The first-order valence-electron chi connectivity index (χ1n) is 33.1. The minimum absolute atomic E-state index is 0.00682. The highest BCUT2D eigenvalue weighted by molar-refractivity contribution is 5.76. The van der Waals surface area contributed by atoms with Gasteiger partial charge in [-0.1, -0.05) is 321 Å². The van der Waals surface area contributed by atoms with Crippen LogP contribution in [0.2, 0.25) is 0 Å². The Bertz CT molecular complexity index is 1140. The predicted octanol–water partition coefficient (Wildman–Crippen LogP) is 21.0. The summed E-state index contributed by atoms with van der Waals surface area (Å²) in [4.78, 5) is 24.6. The van der Waals surface area contributed by atoms with Crippen LogP contribution in [0.5, 0.6) is 0 Å². The maximum Gasteiger partial charge on any atom is 0.305 e. The van der Waals surface area contributed by atoms with Crippen molar-refractivity contribution in [1.82, 2.24) is 5.32 Å². The van der Waals surface area contributed by atoms with E-state index in [4.69, 9.17) is 4.74 Å². The molecule has 0 aliphatic carbocycles. The van der Waals surface area contributed by atoms with Crippen molar-refractivity contribution in [1.29, 1.82) is 0 Å². The van der Waals surface area contributed by atoms with Crippen molar-refractivity contribution in [3.8, 4) is 0 Å². The van der Waals surface area contributed by atoms with E-state index >= 15 is 0 Å². The maximum atomic E-state index is 12.5. The summed E-state index contributed by atoms with van der Waals surface area (Å²) in [5.74, 6) is -0.0671. The number of unbranched alkanes of at least 4 members (excludes halogenated alkanes) is 49. The lowest BCUT2D eigenvalue weighted by Gasteiger charge is -2.20. The smallest absolute Gasteiger partial charge is 0.305 e. The van der Waals surface area contributed by atoms with Gasteiger partial charge in [-0.2, -0.15) is 0 Å². The highest BCUT2D eigenvalue weighted by Crippen LogP contribution is 2.18. The number of amides is 1. The zero-order chi connectivity index (χ0) is 52.9. The predicted molar refractivity (Wildman–Crippen MR) is 320 cm³/mol. The Morgan fingerprint density at radius 3 is 0.973 bits per heavy atom. The van der Waals surface area contributed by atoms with Crippen LogP contribution < -0.4 is 5.32 Å². The lowest BCUT2D eigenvalue weighted by Crippen LogP contribution is -2.45. The van der Waals surface area contributed by atoms with Gasteiger partial charge >= 0.3 is 5.97 Å². The largest absolute Gasteiger partial charge is 0.466 e. The summed E-state index contributed by atoms with van der Waals surface area (Å²) >= 11 is 0. The summed E-state index contributed by atoms with van der Waals surface area (Å²) in [5, 5.41) is 23.2. The standard InChI is InChI=1S/C67H129NO5/c1-3-5-7-9-11-13-15-17-19-20-21-22-23-25-28-32-35-39-43-47-51-55-59-65(70)64(63-69)68-66(71)60-56-52-48-44-40-36-33-29-26-24-27-30-34-38-42-46-50-54-58-62-73-67(72)61-57-53-49-45-41-37-31-18-16-14-12-10-8-6-4-2/h24,26,55,59,64-65,69-70H,3-23,25,27-54,56-58,60-63H2,1-2H3,(H,68,71)/b26-24-,59-55+. The second-order valence-corrected chi connectivity index (χ2v) is 22.8. The number of nitrogens with one attached hydrogen (secondary N) is 1. The van der Waals surface area contributed by atoms with Crippen LogP contribution in [0.1, 0.15) is 367 Å². The van der Waals surface area contributed by atoms with Crippen molar-refractivity contribution in [3.05, 3.63) is 24.3 Å². The van der Waals surface area contributed by atoms with E-state index in [-0.39, 0.29) is 18.5 Å². The maximum absolute atomic E-state index is 12.5. The average molecular weight is 1030 g/mol. The van der Waals surface area contributed by atoms with Gasteiger partial charge in [-0.15, -0.1) is 0 Å². The van der Waals surface area contributed by atoms with Crippen LogP contribution in [-0.4, -0.2) is 47.4 Å². The topological polar surface area (TPSA) is 95.9 Å². The van der Waals surface area contributed by atoms with Crippen molar-refractivity contribution >= 4 is 11.9 Å². The summed E-state index contributed by atoms with van der Waals surface area (Å²) in [6.45, 7) is 4.93. The molecule has 0 heterocycles. The van der Waals surface area contributed by atoms with Crippen LogP contribution in [-0.2, 0) is 14.3 Å². The Balaban J connectivity index is 3.46. The van der Waals surface area contributed by atoms with Crippen molar-refractivity contribution in [2.75, 3.05) is 13.2 Å². The summed E-state index contributed by atoms with van der Waals surface area (Å²) in [7, 11) is 0. The molecule has 2 unspecified atom stereocenters. The van der Waals surface area contributed by atoms with E-state index in [0.29, 0.717) is 19.4 Å². The highest BCUT2D eigenvalue weighted by atomic mass is 16.5. The molecule has 2 atom stereocenters. The number of esters is 1. The molecule has 73 heavy (non-hydrogen) atoms. The monoisotopic (exact) mass is 1030 g/mol. The number of aliphatic hydroxyl groups is 2. The Morgan fingerprint density at radius 1 is 0.370 bits per heavy atom. The molecule has 0 aliphatic rings. The van der Waals surface area contributed by atoms with Crippen LogP contribution >= 0.6 is 0 Å². The van der Waals surface area contributed by atoms with E-state index in [1.54, 1.807) is 6.08 Å². The average Bonchev–Trinajstić information content (AvgIpc) is 3.39. The molecule has 0 spiro atoms. The van der Waals surface area contributed by atoms with Gasteiger partial charge in [0.2, 0.25) is 5.91 Å². The Hall–Kier alpha value is -1.66. The number of carbonyl (C=O) groups excluding carboxylic acids is 2. The van der Waals surface area contributed by atoms with E-state index < -0.39 is 12.1 Å². The van der Waals surface area contributed by atoms with Gasteiger partial charge in [0.1, 0.15) is 0 Å². The van der Waals surface area contributed by atoms with E-state index in [9.17, 15) is 19.8 Å². The van der Waals surface area contributed by atoms with Crippen molar-refractivity contribution < 1.29 is 24.5 Å². The van der Waals surface area contributed by atoms with Crippen LogP contribution in [0.15, 0.2) is 24.3 Å². The van der Waals surface area contributed by atoms with Crippen molar-refractivity contribution in [3.63, 3.8) is 0 Å². The molecule has 0 saturated carbocycles. The molecule has 0 rings (SSSR count). The molecular weight excluding hydrogens is 899 g/mol. The number of hydrogen-bond donors (Lipinski definition) is 3. The lowest BCUT2D eigenvalue weighted by molar-refractivity contribution is -0.143. The fourth-order valence-electron chi connectivity index (χ4n) is 10.4. The molecule has 0 aromatic rings. The molecule has 1 amide bonds. The first kappa shape index (κ1) is 71.3. The van der Waals surface area contributed by atoms with Gasteiger partial charge in [-0.25, -0.2) is 0 Å². The molecule has 0 aromatic heterocycles. The number of carbonyl (C=O) groups is 2. The third kappa shape index (κ3) is 59.4. The third-order valence-corrected chi connectivity index (χ3v) is 15.5. The molecule has 0 fully saturated rings. The minimum atomic E-state index is -0.852. The first-order valence-corrected chi connectivity index (χ1v) is 33.1. The molecule has 0 radical (unpaired) electrons. The molecule has 432 valence electrons. The quantitative estimate of drug-likeness (QED) is 0.0320. The van der Waals surface area contributed by atoms with E-state index in [1.165, 1.54) is 289 Å². The van der Waals surface area contributed by atoms with Gasteiger partial charge in [0.05, 0.1) is 25.4 Å². The summed E-state index contributed by atoms with van der Waals surface area (Å²) in [5.41, 5.74) is 0.